The SMILES string of the molecule is C(CCCCCCCCCCC1CO1)CCCCCCCCCC1CO1. The van der Waals surface area contributed by atoms with Gasteiger partial charge in [-0.2, -0.15) is 0 Å². The van der Waals surface area contributed by atoms with Crippen LogP contribution in [-0.4, -0.2) is 25.4 Å². The molecule has 26 heavy (non-hydrogen) atoms. The predicted molar refractivity (Wildman–Crippen MR) is 112 cm³/mol. The summed E-state index contributed by atoms with van der Waals surface area (Å²) in [6, 6.07) is 0. The Hall–Kier alpha value is -0.0800. The van der Waals surface area contributed by atoms with Crippen LogP contribution < -0.4 is 0 Å². The van der Waals surface area contributed by atoms with Crippen molar-refractivity contribution in [3.8, 4) is 0 Å². The minimum atomic E-state index is 0.646. The Morgan fingerprint density at radius 3 is 0.731 bits per heavy atom. The highest BCUT2D eigenvalue weighted by atomic mass is 16.6. The molecule has 0 amide bonds. The van der Waals surface area contributed by atoms with E-state index in [4.69, 9.17) is 9.47 Å². The summed E-state index contributed by atoms with van der Waals surface area (Å²) in [6.45, 7) is 2.08. The third-order valence-electron chi connectivity index (χ3n) is 6.11. The second-order valence-corrected chi connectivity index (χ2v) is 8.85. The maximum atomic E-state index is 5.25. The van der Waals surface area contributed by atoms with Gasteiger partial charge in [-0.25, -0.2) is 0 Å². The molecule has 0 N–H and O–H groups in total. The molecule has 2 saturated heterocycles. The number of hydrogen-bond acceptors (Lipinski definition) is 2. The fraction of sp³-hybridized carbons (Fsp3) is 1.00. The van der Waals surface area contributed by atoms with E-state index in [0.717, 1.165) is 13.2 Å². The Balaban J connectivity index is 1.14. The summed E-state index contributed by atoms with van der Waals surface area (Å²) in [5.74, 6) is 0. The minimum absolute atomic E-state index is 0.646. The molecule has 2 atom stereocenters. The highest BCUT2D eigenvalue weighted by Crippen LogP contribution is 2.19. The average molecular weight is 367 g/mol. The van der Waals surface area contributed by atoms with Crippen LogP contribution >= 0.6 is 0 Å². The zero-order chi connectivity index (χ0) is 18.1. The van der Waals surface area contributed by atoms with E-state index in [1.165, 1.54) is 128 Å². The number of hydrogen-bond donors (Lipinski definition) is 0. The lowest BCUT2D eigenvalue weighted by molar-refractivity contribution is 0.387. The molecule has 0 spiro atoms. The molecule has 2 unspecified atom stereocenters. The number of ether oxygens (including phenoxy) is 2. The molecule has 2 nitrogen and oxygen atoms in total. The Morgan fingerprint density at radius 1 is 0.346 bits per heavy atom. The van der Waals surface area contributed by atoms with Gasteiger partial charge in [0.25, 0.3) is 0 Å². The van der Waals surface area contributed by atoms with Crippen molar-refractivity contribution in [3.05, 3.63) is 0 Å². The zero-order valence-corrected chi connectivity index (χ0v) is 17.5. The van der Waals surface area contributed by atoms with Gasteiger partial charge in [0.15, 0.2) is 0 Å². The molecule has 0 aromatic carbocycles. The average Bonchev–Trinajstić information content (AvgIpc) is 3.54. The van der Waals surface area contributed by atoms with Gasteiger partial charge < -0.3 is 9.47 Å². The van der Waals surface area contributed by atoms with Crippen LogP contribution in [0, 0.1) is 0 Å². The van der Waals surface area contributed by atoms with E-state index in [1.54, 1.807) is 0 Å². The summed E-state index contributed by atoms with van der Waals surface area (Å²) < 4.78 is 10.5. The smallest absolute Gasteiger partial charge is 0.0810 e. The van der Waals surface area contributed by atoms with Crippen LogP contribution in [0.15, 0.2) is 0 Å². The Labute approximate surface area is 163 Å². The summed E-state index contributed by atoms with van der Waals surface area (Å²) in [7, 11) is 0. The van der Waals surface area contributed by atoms with Crippen molar-refractivity contribution in [1.82, 2.24) is 0 Å². The monoisotopic (exact) mass is 366 g/mol. The third-order valence-corrected chi connectivity index (χ3v) is 6.11. The van der Waals surface area contributed by atoms with Crippen molar-refractivity contribution in [2.24, 2.45) is 0 Å². The molecule has 0 aliphatic carbocycles. The summed E-state index contributed by atoms with van der Waals surface area (Å²) in [5, 5.41) is 0. The van der Waals surface area contributed by atoms with Crippen molar-refractivity contribution in [1.29, 1.82) is 0 Å². The van der Waals surface area contributed by atoms with Gasteiger partial charge in [0.2, 0.25) is 0 Å². The third kappa shape index (κ3) is 15.0. The first-order chi connectivity index (χ1) is 12.9. The molecule has 2 aliphatic rings. The number of epoxide rings is 2. The second kappa shape index (κ2) is 15.9. The fourth-order valence-corrected chi connectivity index (χ4v) is 4.04. The van der Waals surface area contributed by atoms with Gasteiger partial charge in [-0.1, -0.05) is 116 Å². The largest absolute Gasteiger partial charge is 0.373 e. The molecular weight excluding hydrogens is 320 g/mol. The Bertz CT molecular complexity index is 267. The number of unbranched alkanes of at least 4 members (excludes halogenated alkanes) is 17. The van der Waals surface area contributed by atoms with Gasteiger partial charge in [-0.05, 0) is 12.8 Å². The van der Waals surface area contributed by atoms with Crippen LogP contribution in [0.3, 0.4) is 0 Å². The Morgan fingerprint density at radius 2 is 0.538 bits per heavy atom. The van der Waals surface area contributed by atoms with Crippen LogP contribution in [0.25, 0.3) is 0 Å². The van der Waals surface area contributed by atoms with E-state index in [2.05, 4.69) is 0 Å². The van der Waals surface area contributed by atoms with Crippen LogP contribution in [0.5, 0.6) is 0 Å². The highest BCUT2D eigenvalue weighted by Gasteiger charge is 2.21. The van der Waals surface area contributed by atoms with E-state index in [9.17, 15) is 0 Å². The first-order valence-corrected chi connectivity index (χ1v) is 12.2. The van der Waals surface area contributed by atoms with Crippen molar-refractivity contribution < 1.29 is 9.47 Å². The number of rotatable bonds is 21. The van der Waals surface area contributed by atoms with Crippen LogP contribution in [0.4, 0.5) is 0 Å². The normalized spacial score (nSPS) is 21.2. The molecule has 0 bridgehead atoms. The predicted octanol–water partition coefficient (Wildman–Crippen LogP) is 7.59. The first kappa shape index (κ1) is 22.2. The van der Waals surface area contributed by atoms with Gasteiger partial charge in [0, 0.05) is 0 Å². The molecule has 0 saturated carbocycles. The molecule has 2 heterocycles. The molecule has 2 heteroatoms. The molecule has 0 radical (unpaired) electrons. The maximum Gasteiger partial charge on any atom is 0.0810 e. The van der Waals surface area contributed by atoms with E-state index in [1.807, 2.05) is 0 Å². The van der Waals surface area contributed by atoms with Gasteiger partial charge in [0.1, 0.15) is 0 Å². The lowest BCUT2D eigenvalue weighted by Gasteiger charge is -2.04. The van der Waals surface area contributed by atoms with E-state index >= 15 is 0 Å². The van der Waals surface area contributed by atoms with Crippen molar-refractivity contribution in [2.45, 2.75) is 141 Å². The van der Waals surface area contributed by atoms with Crippen LogP contribution in [0.1, 0.15) is 128 Å². The van der Waals surface area contributed by atoms with Gasteiger partial charge in [-0.3, -0.25) is 0 Å². The van der Waals surface area contributed by atoms with Gasteiger partial charge >= 0.3 is 0 Å². The van der Waals surface area contributed by atoms with E-state index < -0.39 is 0 Å². The van der Waals surface area contributed by atoms with E-state index in [0.29, 0.717) is 12.2 Å². The van der Waals surface area contributed by atoms with Crippen molar-refractivity contribution in [2.75, 3.05) is 13.2 Å². The Kier molecular flexibility index (Phi) is 13.6. The van der Waals surface area contributed by atoms with Crippen molar-refractivity contribution in [3.63, 3.8) is 0 Å². The van der Waals surface area contributed by atoms with Gasteiger partial charge in [0.05, 0.1) is 25.4 Å². The molecule has 2 rings (SSSR count). The second-order valence-electron chi connectivity index (χ2n) is 8.85. The quantitative estimate of drug-likeness (QED) is 0.154. The van der Waals surface area contributed by atoms with Crippen LogP contribution in [0.2, 0.25) is 0 Å². The summed E-state index contributed by atoms with van der Waals surface area (Å²) >= 11 is 0. The summed E-state index contributed by atoms with van der Waals surface area (Å²) in [4.78, 5) is 0. The fourth-order valence-electron chi connectivity index (χ4n) is 4.04. The van der Waals surface area contributed by atoms with Crippen molar-refractivity contribution >= 4 is 0 Å². The van der Waals surface area contributed by atoms with Crippen LogP contribution in [-0.2, 0) is 9.47 Å². The standard InChI is InChI=1S/C24H46O2/c1(3-5-7-9-11-13-15-17-19-23-21-25-23)2-4-6-8-10-12-14-16-18-20-24-22-26-24/h23-24H,1-22H2. The molecule has 2 aliphatic heterocycles. The molecule has 2 fully saturated rings. The zero-order valence-electron chi connectivity index (χ0n) is 17.5. The maximum absolute atomic E-state index is 5.25. The van der Waals surface area contributed by atoms with Gasteiger partial charge in [-0.15, -0.1) is 0 Å². The molecular formula is C24H46O2. The lowest BCUT2D eigenvalue weighted by Crippen LogP contribution is -1.86. The molecule has 154 valence electrons. The lowest BCUT2D eigenvalue weighted by atomic mass is 10.0. The molecule has 0 aromatic rings. The first-order valence-electron chi connectivity index (χ1n) is 12.2. The highest BCUT2D eigenvalue weighted by molar-refractivity contribution is 4.68. The molecule has 0 aromatic heterocycles. The van der Waals surface area contributed by atoms with E-state index in [-0.39, 0.29) is 0 Å². The summed E-state index contributed by atoms with van der Waals surface area (Å²) in [5.41, 5.74) is 0. The minimum Gasteiger partial charge on any atom is -0.373 e. The summed E-state index contributed by atoms with van der Waals surface area (Å²) in [6.07, 6.45) is 30.1. The topological polar surface area (TPSA) is 25.1 Å².